The Morgan fingerprint density at radius 3 is 2.67 bits per heavy atom. The summed E-state index contributed by atoms with van der Waals surface area (Å²) in [7, 11) is 1.96. The summed E-state index contributed by atoms with van der Waals surface area (Å²) in [6, 6.07) is 6.36. The third kappa shape index (κ3) is 2.59. The summed E-state index contributed by atoms with van der Waals surface area (Å²) >= 11 is 0. The Morgan fingerprint density at radius 2 is 2.11 bits per heavy atom. The van der Waals surface area contributed by atoms with Crippen molar-refractivity contribution in [2.75, 3.05) is 6.54 Å². The highest BCUT2D eigenvalue weighted by molar-refractivity contribution is 5.27. The van der Waals surface area contributed by atoms with Gasteiger partial charge in [0.05, 0.1) is 17.4 Å². The van der Waals surface area contributed by atoms with Crippen LogP contribution in [0.5, 0.6) is 0 Å². The van der Waals surface area contributed by atoms with Gasteiger partial charge in [0.2, 0.25) is 0 Å². The lowest BCUT2D eigenvalue weighted by atomic mass is 10.1. The van der Waals surface area contributed by atoms with E-state index < -0.39 is 0 Å². The van der Waals surface area contributed by atoms with Crippen molar-refractivity contribution in [2.24, 2.45) is 7.05 Å². The van der Waals surface area contributed by atoms with Crippen LogP contribution in [0.25, 0.3) is 0 Å². The van der Waals surface area contributed by atoms with E-state index in [1.54, 1.807) is 0 Å². The lowest BCUT2D eigenvalue weighted by molar-refractivity contribution is 0.560. The zero-order valence-electron chi connectivity index (χ0n) is 11.4. The number of nitrogens with zero attached hydrogens (tertiary/aromatic N) is 3. The second-order valence-corrected chi connectivity index (χ2v) is 4.58. The van der Waals surface area contributed by atoms with E-state index in [4.69, 9.17) is 0 Å². The lowest BCUT2D eigenvalue weighted by Crippen LogP contribution is -2.25. The number of aryl methyl sites for hydroxylation is 3. The molecule has 1 atom stereocenters. The lowest BCUT2D eigenvalue weighted by Gasteiger charge is -2.18. The van der Waals surface area contributed by atoms with Crippen LogP contribution in [0, 0.1) is 13.8 Å². The van der Waals surface area contributed by atoms with Crippen LogP contribution in [0.2, 0.25) is 0 Å². The molecule has 0 bridgehead atoms. The molecule has 0 amide bonds. The smallest absolute Gasteiger partial charge is 0.0921 e. The number of hydrogen-bond donors (Lipinski definition) is 1. The van der Waals surface area contributed by atoms with E-state index in [1.165, 1.54) is 5.56 Å². The van der Waals surface area contributed by atoms with E-state index in [2.05, 4.69) is 41.4 Å². The van der Waals surface area contributed by atoms with Gasteiger partial charge in [-0.3, -0.25) is 9.67 Å². The second kappa shape index (κ2) is 5.31. The van der Waals surface area contributed by atoms with Crippen molar-refractivity contribution in [2.45, 2.75) is 26.8 Å². The SMILES string of the molecule is CCNC(c1cc(C)cc(C)n1)c1ccnn1C. The van der Waals surface area contributed by atoms with Crippen molar-refractivity contribution in [3.8, 4) is 0 Å². The minimum Gasteiger partial charge on any atom is -0.304 e. The fraction of sp³-hybridized carbons (Fsp3) is 0.429. The number of rotatable bonds is 4. The highest BCUT2D eigenvalue weighted by atomic mass is 15.3. The fourth-order valence-corrected chi connectivity index (χ4v) is 2.25. The van der Waals surface area contributed by atoms with Gasteiger partial charge in [-0.2, -0.15) is 5.10 Å². The highest BCUT2D eigenvalue weighted by Gasteiger charge is 2.18. The third-order valence-corrected chi connectivity index (χ3v) is 2.98. The van der Waals surface area contributed by atoms with Gasteiger partial charge in [-0.15, -0.1) is 0 Å². The molecule has 0 fully saturated rings. The van der Waals surface area contributed by atoms with E-state index >= 15 is 0 Å². The van der Waals surface area contributed by atoms with Crippen LogP contribution < -0.4 is 5.32 Å². The van der Waals surface area contributed by atoms with Crippen molar-refractivity contribution >= 4 is 0 Å². The monoisotopic (exact) mass is 244 g/mol. The summed E-state index contributed by atoms with van der Waals surface area (Å²) in [5.41, 5.74) is 4.48. The van der Waals surface area contributed by atoms with Gasteiger partial charge in [0, 0.05) is 18.9 Å². The van der Waals surface area contributed by atoms with Gasteiger partial charge in [0.25, 0.3) is 0 Å². The summed E-state index contributed by atoms with van der Waals surface area (Å²) in [4.78, 5) is 4.65. The Hall–Kier alpha value is -1.68. The van der Waals surface area contributed by atoms with E-state index in [0.29, 0.717) is 0 Å². The van der Waals surface area contributed by atoms with Gasteiger partial charge in [0.1, 0.15) is 0 Å². The van der Waals surface area contributed by atoms with E-state index in [9.17, 15) is 0 Å². The maximum atomic E-state index is 4.65. The summed E-state index contributed by atoms with van der Waals surface area (Å²) in [6.45, 7) is 7.13. The molecule has 96 valence electrons. The van der Waals surface area contributed by atoms with E-state index in [0.717, 1.165) is 23.6 Å². The Kier molecular flexibility index (Phi) is 3.77. The van der Waals surface area contributed by atoms with E-state index in [1.807, 2.05) is 30.9 Å². The highest BCUT2D eigenvalue weighted by Crippen LogP contribution is 2.21. The van der Waals surface area contributed by atoms with Crippen LogP contribution in [0.1, 0.15) is 35.6 Å². The average molecular weight is 244 g/mol. The molecule has 18 heavy (non-hydrogen) atoms. The van der Waals surface area contributed by atoms with Gasteiger partial charge in [-0.25, -0.2) is 0 Å². The van der Waals surface area contributed by atoms with Crippen LogP contribution in [-0.2, 0) is 7.05 Å². The van der Waals surface area contributed by atoms with Gasteiger partial charge in [0.15, 0.2) is 0 Å². The van der Waals surface area contributed by atoms with Crippen LogP contribution in [0.3, 0.4) is 0 Å². The molecule has 0 aliphatic rings. The molecule has 2 aromatic heterocycles. The number of aromatic nitrogens is 3. The maximum Gasteiger partial charge on any atom is 0.0921 e. The molecule has 0 aromatic carbocycles. The van der Waals surface area contributed by atoms with Crippen molar-refractivity contribution in [3.63, 3.8) is 0 Å². The van der Waals surface area contributed by atoms with E-state index in [-0.39, 0.29) is 6.04 Å². The van der Waals surface area contributed by atoms with Gasteiger partial charge in [-0.05, 0) is 44.2 Å². The summed E-state index contributed by atoms with van der Waals surface area (Å²) < 4.78 is 1.90. The molecule has 2 heterocycles. The molecule has 4 nitrogen and oxygen atoms in total. The average Bonchev–Trinajstić information content (AvgIpc) is 2.71. The molecule has 0 spiro atoms. The Bertz CT molecular complexity index is 510. The normalized spacial score (nSPS) is 12.7. The molecular weight excluding hydrogens is 224 g/mol. The van der Waals surface area contributed by atoms with Crippen molar-refractivity contribution < 1.29 is 0 Å². The third-order valence-electron chi connectivity index (χ3n) is 2.98. The van der Waals surface area contributed by atoms with Crippen LogP contribution in [0.15, 0.2) is 24.4 Å². The Morgan fingerprint density at radius 1 is 1.33 bits per heavy atom. The first-order chi connectivity index (χ1) is 8.61. The molecule has 0 saturated heterocycles. The maximum absolute atomic E-state index is 4.65. The van der Waals surface area contributed by atoms with Crippen molar-refractivity contribution in [1.82, 2.24) is 20.1 Å². The van der Waals surface area contributed by atoms with Gasteiger partial charge < -0.3 is 5.32 Å². The summed E-state index contributed by atoms with van der Waals surface area (Å²) in [6.07, 6.45) is 1.82. The number of hydrogen-bond acceptors (Lipinski definition) is 3. The number of pyridine rings is 1. The first-order valence-corrected chi connectivity index (χ1v) is 6.28. The molecule has 1 unspecified atom stereocenters. The molecule has 0 radical (unpaired) electrons. The Balaban J connectivity index is 2.44. The van der Waals surface area contributed by atoms with Crippen molar-refractivity contribution in [1.29, 1.82) is 0 Å². The minimum absolute atomic E-state index is 0.0982. The van der Waals surface area contributed by atoms with Crippen LogP contribution >= 0.6 is 0 Å². The predicted molar refractivity (Wildman–Crippen MR) is 72.4 cm³/mol. The first-order valence-electron chi connectivity index (χ1n) is 6.28. The first kappa shape index (κ1) is 12.8. The minimum atomic E-state index is 0.0982. The van der Waals surface area contributed by atoms with Gasteiger partial charge >= 0.3 is 0 Å². The summed E-state index contributed by atoms with van der Waals surface area (Å²) in [5, 5.41) is 7.71. The molecule has 2 rings (SSSR count). The summed E-state index contributed by atoms with van der Waals surface area (Å²) in [5.74, 6) is 0. The fourth-order valence-electron chi connectivity index (χ4n) is 2.25. The van der Waals surface area contributed by atoms with Crippen molar-refractivity contribution in [3.05, 3.63) is 47.0 Å². The zero-order chi connectivity index (χ0) is 13.1. The molecule has 0 saturated carbocycles. The van der Waals surface area contributed by atoms with Gasteiger partial charge in [-0.1, -0.05) is 6.92 Å². The number of nitrogens with one attached hydrogen (secondary N) is 1. The predicted octanol–water partition coefficient (Wildman–Crippen LogP) is 2.13. The second-order valence-electron chi connectivity index (χ2n) is 4.58. The molecule has 4 heteroatoms. The molecule has 2 aromatic rings. The molecule has 0 aliphatic carbocycles. The van der Waals surface area contributed by atoms with Crippen LogP contribution in [-0.4, -0.2) is 21.3 Å². The Labute approximate surface area is 108 Å². The zero-order valence-corrected chi connectivity index (χ0v) is 11.4. The van der Waals surface area contributed by atoms with Crippen LogP contribution in [0.4, 0.5) is 0 Å². The molecule has 0 aliphatic heterocycles. The molecule has 1 N–H and O–H groups in total. The quantitative estimate of drug-likeness (QED) is 0.896. The topological polar surface area (TPSA) is 42.7 Å². The largest absolute Gasteiger partial charge is 0.304 e. The standard InChI is InChI=1S/C14H20N4/c1-5-15-14(13-6-7-16-18(13)4)12-9-10(2)8-11(3)17-12/h6-9,14-15H,5H2,1-4H3. The molecular formula is C14H20N4.